The van der Waals surface area contributed by atoms with Crippen LogP contribution in [0.4, 0.5) is 0 Å². The van der Waals surface area contributed by atoms with E-state index in [9.17, 15) is 0 Å². The molecule has 0 saturated heterocycles. The predicted molar refractivity (Wildman–Crippen MR) is 146 cm³/mol. The first kappa shape index (κ1) is 22.7. The minimum atomic E-state index is -0.276. The van der Waals surface area contributed by atoms with E-state index in [0.717, 1.165) is 42.2 Å². The van der Waals surface area contributed by atoms with Gasteiger partial charge in [0.2, 0.25) is 6.23 Å². The maximum absolute atomic E-state index is 6.53. The third-order valence-corrected chi connectivity index (χ3v) is 7.21. The zero-order valence-electron chi connectivity index (χ0n) is 20.8. The second kappa shape index (κ2) is 10.1. The Bertz CT molecular complexity index is 1380. The van der Waals surface area contributed by atoms with E-state index < -0.39 is 0 Å². The Kier molecular flexibility index (Phi) is 6.33. The summed E-state index contributed by atoms with van der Waals surface area (Å²) in [5, 5.41) is 9.77. The molecule has 2 aliphatic heterocycles. The number of para-hydroxylation sites is 1. The molecule has 0 spiro atoms. The lowest BCUT2D eigenvalue weighted by Gasteiger charge is -2.38. The second-order valence-electron chi connectivity index (χ2n) is 9.69. The summed E-state index contributed by atoms with van der Waals surface area (Å²) in [6, 6.07) is 32.0. The highest BCUT2D eigenvalue weighted by Crippen LogP contribution is 2.47. The van der Waals surface area contributed by atoms with Crippen molar-refractivity contribution in [2.24, 2.45) is 5.10 Å². The molecule has 0 unspecified atom stereocenters. The topological polar surface area (TPSA) is 34.1 Å². The van der Waals surface area contributed by atoms with Crippen molar-refractivity contribution in [1.29, 1.82) is 0 Å². The van der Waals surface area contributed by atoms with Crippen molar-refractivity contribution in [3.05, 3.63) is 108 Å². The number of hydrazone groups is 1. The van der Waals surface area contributed by atoms with Crippen molar-refractivity contribution in [1.82, 2.24) is 5.01 Å². The third-order valence-electron chi connectivity index (χ3n) is 7.21. The molecule has 36 heavy (non-hydrogen) atoms. The van der Waals surface area contributed by atoms with Crippen molar-refractivity contribution < 1.29 is 9.47 Å². The predicted octanol–water partition coefficient (Wildman–Crippen LogP) is 8.04. The van der Waals surface area contributed by atoms with Crippen molar-refractivity contribution in [2.75, 3.05) is 6.61 Å². The number of ether oxygens (including phenoxy) is 2. The van der Waals surface area contributed by atoms with Gasteiger partial charge < -0.3 is 9.47 Å². The molecular weight excluding hydrogens is 444 g/mol. The zero-order chi connectivity index (χ0) is 24.3. The number of hydrogen-bond acceptors (Lipinski definition) is 4. The quantitative estimate of drug-likeness (QED) is 0.241. The SMILES string of the molecule is CCCCCCOc1ccc([C@@H]2Oc3ccccc3[C@@H]3CC(c4ccc5ccccc5c4)=NN32)cc1. The molecule has 4 nitrogen and oxygen atoms in total. The van der Waals surface area contributed by atoms with Crippen LogP contribution >= 0.6 is 0 Å². The number of benzene rings is 4. The number of nitrogens with zero attached hydrogens (tertiary/aromatic N) is 2. The van der Waals surface area contributed by atoms with Gasteiger partial charge in [-0.1, -0.05) is 80.8 Å². The third kappa shape index (κ3) is 4.44. The molecule has 6 rings (SSSR count). The summed E-state index contributed by atoms with van der Waals surface area (Å²) in [5.41, 5.74) is 4.55. The minimum Gasteiger partial charge on any atom is -0.494 e. The van der Waals surface area contributed by atoms with Gasteiger partial charge in [-0.05, 0) is 59.2 Å². The maximum Gasteiger partial charge on any atom is 0.213 e. The molecule has 4 aromatic rings. The van der Waals surface area contributed by atoms with Crippen LogP contribution in [0.5, 0.6) is 11.5 Å². The summed E-state index contributed by atoms with van der Waals surface area (Å²) in [6.45, 7) is 2.99. The van der Waals surface area contributed by atoms with E-state index in [1.165, 1.54) is 41.2 Å². The maximum atomic E-state index is 6.53. The number of rotatable bonds is 8. The molecule has 4 aromatic carbocycles. The van der Waals surface area contributed by atoms with Gasteiger partial charge in [-0.2, -0.15) is 5.10 Å². The molecule has 2 atom stereocenters. The first-order valence-electron chi connectivity index (χ1n) is 13.1. The number of unbranched alkanes of at least 4 members (excludes halogenated alkanes) is 3. The number of hydrogen-bond donors (Lipinski definition) is 0. The van der Waals surface area contributed by atoms with Crippen LogP contribution < -0.4 is 9.47 Å². The molecule has 2 heterocycles. The molecule has 182 valence electrons. The van der Waals surface area contributed by atoms with Crippen LogP contribution in [-0.4, -0.2) is 17.3 Å². The Balaban J connectivity index is 1.27. The van der Waals surface area contributed by atoms with Gasteiger partial charge in [0.15, 0.2) is 0 Å². The summed E-state index contributed by atoms with van der Waals surface area (Å²) < 4.78 is 12.5. The van der Waals surface area contributed by atoms with Crippen LogP contribution in [-0.2, 0) is 0 Å². The van der Waals surface area contributed by atoms with Gasteiger partial charge in [-0.15, -0.1) is 0 Å². The summed E-state index contributed by atoms with van der Waals surface area (Å²) in [6.07, 6.45) is 5.40. The molecule has 0 N–H and O–H groups in total. The van der Waals surface area contributed by atoms with Crippen LogP contribution in [0.25, 0.3) is 10.8 Å². The van der Waals surface area contributed by atoms with Crippen LogP contribution in [0.1, 0.15) is 68.0 Å². The molecule has 0 fully saturated rings. The Labute approximate surface area is 213 Å². The molecule has 4 heteroatoms. The summed E-state index contributed by atoms with van der Waals surface area (Å²) in [7, 11) is 0. The van der Waals surface area contributed by atoms with Gasteiger partial charge in [0, 0.05) is 17.5 Å². The van der Waals surface area contributed by atoms with Crippen molar-refractivity contribution in [3.8, 4) is 11.5 Å². The van der Waals surface area contributed by atoms with E-state index in [1.807, 2.05) is 6.07 Å². The Morgan fingerprint density at radius 2 is 1.67 bits per heavy atom. The summed E-state index contributed by atoms with van der Waals surface area (Å²) >= 11 is 0. The summed E-state index contributed by atoms with van der Waals surface area (Å²) in [5.74, 6) is 1.85. The average molecular weight is 477 g/mol. The van der Waals surface area contributed by atoms with Crippen molar-refractivity contribution in [3.63, 3.8) is 0 Å². The van der Waals surface area contributed by atoms with E-state index >= 15 is 0 Å². The van der Waals surface area contributed by atoms with Crippen LogP contribution in [0.2, 0.25) is 0 Å². The van der Waals surface area contributed by atoms with Gasteiger partial charge in [-0.3, -0.25) is 0 Å². The highest BCUT2D eigenvalue weighted by atomic mass is 16.5. The van der Waals surface area contributed by atoms with E-state index in [1.54, 1.807) is 0 Å². The lowest BCUT2D eigenvalue weighted by atomic mass is 9.95. The minimum absolute atomic E-state index is 0.149. The molecule has 0 aliphatic carbocycles. The van der Waals surface area contributed by atoms with Crippen LogP contribution in [0.3, 0.4) is 0 Å². The van der Waals surface area contributed by atoms with Gasteiger partial charge in [-0.25, -0.2) is 5.01 Å². The Morgan fingerprint density at radius 1 is 0.861 bits per heavy atom. The van der Waals surface area contributed by atoms with Crippen molar-refractivity contribution in [2.45, 2.75) is 51.3 Å². The smallest absolute Gasteiger partial charge is 0.213 e. The van der Waals surface area contributed by atoms with E-state index in [4.69, 9.17) is 14.6 Å². The lowest BCUT2D eigenvalue weighted by molar-refractivity contribution is -0.0190. The van der Waals surface area contributed by atoms with E-state index in [2.05, 4.69) is 96.9 Å². The van der Waals surface area contributed by atoms with E-state index in [0.29, 0.717) is 0 Å². The van der Waals surface area contributed by atoms with Crippen LogP contribution in [0.15, 0.2) is 96.1 Å². The zero-order valence-corrected chi connectivity index (χ0v) is 20.8. The molecular formula is C32H32N2O2. The fourth-order valence-electron chi connectivity index (χ4n) is 5.25. The van der Waals surface area contributed by atoms with Gasteiger partial charge in [0.1, 0.15) is 11.5 Å². The monoisotopic (exact) mass is 476 g/mol. The van der Waals surface area contributed by atoms with Crippen molar-refractivity contribution >= 4 is 16.5 Å². The van der Waals surface area contributed by atoms with Crippen LogP contribution in [0, 0.1) is 0 Å². The molecule has 0 saturated carbocycles. The largest absolute Gasteiger partial charge is 0.494 e. The normalized spacial score (nSPS) is 18.4. The van der Waals surface area contributed by atoms with E-state index in [-0.39, 0.29) is 12.3 Å². The highest BCUT2D eigenvalue weighted by molar-refractivity contribution is 6.04. The molecule has 0 bridgehead atoms. The van der Waals surface area contributed by atoms with Gasteiger partial charge in [0.05, 0.1) is 18.4 Å². The lowest BCUT2D eigenvalue weighted by Crippen LogP contribution is -2.33. The Hall–Kier alpha value is -3.79. The molecule has 0 radical (unpaired) electrons. The number of fused-ring (bicyclic) bond motifs is 4. The standard InChI is InChI=1S/C32H32N2O2/c1-2-3-4-9-20-35-27-18-16-24(17-19-27)32-34-30(28-12-7-8-13-31(28)36-32)22-29(33-34)26-15-14-23-10-5-6-11-25(23)21-26/h5-8,10-19,21,30,32H,2-4,9,20,22H2,1H3/t30-,32-/m0/s1. The fraction of sp³-hybridized carbons (Fsp3) is 0.281. The molecule has 2 aliphatic rings. The average Bonchev–Trinajstić information content (AvgIpc) is 3.39. The molecule has 0 aromatic heterocycles. The second-order valence-corrected chi connectivity index (χ2v) is 9.69. The molecule has 0 amide bonds. The fourth-order valence-corrected chi connectivity index (χ4v) is 5.25. The first-order chi connectivity index (χ1) is 17.8. The Morgan fingerprint density at radius 3 is 2.53 bits per heavy atom. The van der Waals surface area contributed by atoms with Gasteiger partial charge >= 0.3 is 0 Å². The van der Waals surface area contributed by atoms with Gasteiger partial charge in [0.25, 0.3) is 0 Å². The first-order valence-corrected chi connectivity index (χ1v) is 13.1. The summed E-state index contributed by atoms with van der Waals surface area (Å²) in [4.78, 5) is 0. The highest BCUT2D eigenvalue weighted by Gasteiger charge is 2.40.